The van der Waals surface area contributed by atoms with Crippen molar-refractivity contribution in [1.29, 1.82) is 0 Å². The van der Waals surface area contributed by atoms with Gasteiger partial charge < -0.3 is 4.90 Å². The normalized spacial score (nSPS) is 18.4. The second-order valence-corrected chi connectivity index (χ2v) is 6.09. The minimum Gasteiger partial charge on any atom is -0.332 e. The molecule has 3 rings (SSSR count). The molecule has 0 N–H and O–H groups in total. The Morgan fingerprint density at radius 3 is 2.75 bits per heavy atom. The predicted molar refractivity (Wildman–Crippen MR) is 83.3 cm³/mol. The van der Waals surface area contributed by atoms with E-state index in [1.807, 2.05) is 29.2 Å². The van der Waals surface area contributed by atoms with E-state index in [0.29, 0.717) is 5.88 Å². The lowest BCUT2D eigenvalue weighted by molar-refractivity contribution is 0.0736. The van der Waals surface area contributed by atoms with Crippen molar-refractivity contribution in [2.24, 2.45) is 0 Å². The molecule has 2 heterocycles. The summed E-state index contributed by atoms with van der Waals surface area (Å²) in [6.45, 7) is 0.844. The summed E-state index contributed by atoms with van der Waals surface area (Å²) in [6.07, 6.45) is 2.13. The smallest absolute Gasteiger partial charge is 0.254 e. The molecule has 1 saturated heterocycles. The molecule has 104 valence electrons. The van der Waals surface area contributed by atoms with Crippen LogP contribution in [-0.4, -0.2) is 17.4 Å². The molecule has 2 aromatic rings. The Hall–Kier alpha value is -1.32. The molecule has 0 aliphatic carbocycles. The van der Waals surface area contributed by atoms with Crippen molar-refractivity contribution >= 4 is 28.8 Å². The highest BCUT2D eigenvalue weighted by atomic mass is 35.5. The van der Waals surface area contributed by atoms with Crippen LogP contribution in [0.2, 0.25) is 0 Å². The van der Waals surface area contributed by atoms with E-state index in [1.54, 1.807) is 11.3 Å². The van der Waals surface area contributed by atoms with E-state index < -0.39 is 0 Å². The Balaban J connectivity index is 1.81. The number of hydrogen-bond donors (Lipinski definition) is 0. The van der Waals surface area contributed by atoms with E-state index in [2.05, 4.69) is 16.8 Å². The van der Waals surface area contributed by atoms with Gasteiger partial charge in [0.15, 0.2) is 0 Å². The molecule has 2 nitrogen and oxygen atoms in total. The number of halogens is 1. The van der Waals surface area contributed by atoms with E-state index in [4.69, 9.17) is 11.6 Å². The van der Waals surface area contributed by atoms with Crippen LogP contribution in [0.25, 0.3) is 0 Å². The highest BCUT2D eigenvalue weighted by Crippen LogP contribution is 2.34. The summed E-state index contributed by atoms with van der Waals surface area (Å²) in [5.41, 5.74) is 3.05. The lowest BCUT2D eigenvalue weighted by Crippen LogP contribution is -2.30. The molecule has 1 aliphatic rings. The van der Waals surface area contributed by atoms with Gasteiger partial charge in [0, 0.05) is 18.0 Å². The first-order chi connectivity index (χ1) is 9.79. The molecule has 1 aromatic heterocycles. The van der Waals surface area contributed by atoms with E-state index in [1.165, 1.54) is 5.56 Å². The molecule has 1 fully saturated rings. The van der Waals surface area contributed by atoms with Crippen molar-refractivity contribution in [3.05, 3.63) is 57.8 Å². The number of hydrogen-bond acceptors (Lipinski definition) is 2. The van der Waals surface area contributed by atoms with E-state index >= 15 is 0 Å². The van der Waals surface area contributed by atoms with Gasteiger partial charge in [-0.3, -0.25) is 4.79 Å². The van der Waals surface area contributed by atoms with Gasteiger partial charge in [0.2, 0.25) is 0 Å². The van der Waals surface area contributed by atoms with Crippen LogP contribution in [0.5, 0.6) is 0 Å². The first kappa shape index (κ1) is 13.7. The molecule has 0 saturated carbocycles. The van der Waals surface area contributed by atoms with Crippen LogP contribution in [0.1, 0.15) is 40.4 Å². The van der Waals surface area contributed by atoms with Gasteiger partial charge in [-0.2, -0.15) is 11.3 Å². The summed E-state index contributed by atoms with van der Waals surface area (Å²) in [5, 5.41) is 4.22. The Morgan fingerprint density at radius 2 is 2.10 bits per heavy atom. The van der Waals surface area contributed by atoms with E-state index in [-0.39, 0.29) is 11.9 Å². The maximum absolute atomic E-state index is 12.6. The van der Waals surface area contributed by atoms with Crippen LogP contribution in [0.15, 0.2) is 41.1 Å². The van der Waals surface area contributed by atoms with E-state index in [9.17, 15) is 4.79 Å². The molecule has 20 heavy (non-hydrogen) atoms. The largest absolute Gasteiger partial charge is 0.332 e. The quantitative estimate of drug-likeness (QED) is 0.766. The number of benzene rings is 1. The Kier molecular flexibility index (Phi) is 4.08. The molecule has 1 aliphatic heterocycles. The van der Waals surface area contributed by atoms with Crippen LogP contribution < -0.4 is 0 Å². The van der Waals surface area contributed by atoms with Crippen LogP contribution in [0.3, 0.4) is 0 Å². The highest BCUT2D eigenvalue weighted by Gasteiger charge is 2.30. The number of amides is 1. The average molecular weight is 306 g/mol. The fourth-order valence-corrected chi connectivity index (χ4v) is 3.61. The zero-order valence-electron chi connectivity index (χ0n) is 11.1. The summed E-state index contributed by atoms with van der Waals surface area (Å²) < 4.78 is 0. The third-order valence-electron chi connectivity index (χ3n) is 3.80. The highest BCUT2D eigenvalue weighted by molar-refractivity contribution is 7.08. The second kappa shape index (κ2) is 5.98. The molecule has 1 aromatic carbocycles. The zero-order valence-corrected chi connectivity index (χ0v) is 12.7. The topological polar surface area (TPSA) is 20.3 Å². The minimum atomic E-state index is 0.125. The summed E-state index contributed by atoms with van der Waals surface area (Å²) in [4.78, 5) is 14.6. The van der Waals surface area contributed by atoms with Crippen molar-refractivity contribution in [1.82, 2.24) is 4.90 Å². The van der Waals surface area contributed by atoms with Gasteiger partial charge in [-0.1, -0.05) is 12.1 Å². The standard InChI is InChI=1S/C16H16ClNOS/c17-10-12-3-5-13(6-4-12)16(19)18-8-1-2-15(18)14-7-9-20-11-14/h3-7,9,11,15H,1-2,8,10H2. The first-order valence-corrected chi connectivity index (χ1v) is 8.25. The van der Waals surface area contributed by atoms with Gasteiger partial charge in [-0.05, 0) is 52.9 Å². The van der Waals surface area contributed by atoms with Crippen molar-refractivity contribution in [3.63, 3.8) is 0 Å². The van der Waals surface area contributed by atoms with Crippen LogP contribution in [-0.2, 0) is 5.88 Å². The Morgan fingerprint density at radius 1 is 1.30 bits per heavy atom. The number of thiophene rings is 1. The van der Waals surface area contributed by atoms with Crippen molar-refractivity contribution in [2.75, 3.05) is 6.54 Å². The minimum absolute atomic E-state index is 0.125. The van der Waals surface area contributed by atoms with Crippen LogP contribution in [0.4, 0.5) is 0 Å². The van der Waals surface area contributed by atoms with Crippen molar-refractivity contribution < 1.29 is 4.79 Å². The molecule has 0 spiro atoms. The van der Waals surface area contributed by atoms with Crippen molar-refractivity contribution in [3.8, 4) is 0 Å². The van der Waals surface area contributed by atoms with Gasteiger partial charge in [-0.25, -0.2) is 0 Å². The average Bonchev–Trinajstić information content (AvgIpc) is 3.16. The summed E-state index contributed by atoms with van der Waals surface area (Å²) in [5.74, 6) is 0.607. The molecule has 4 heteroatoms. The fraction of sp³-hybridized carbons (Fsp3) is 0.312. The van der Waals surface area contributed by atoms with Crippen LogP contribution >= 0.6 is 22.9 Å². The lowest BCUT2D eigenvalue weighted by atomic mass is 10.1. The van der Waals surface area contributed by atoms with E-state index in [0.717, 1.165) is 30.5 Å². The van der Waals surface area contributed by atoms with Gasteiger partial charge in [0.05, 0.1) is 6.04 Å². The number of alkyl halides is 1. The number of carbonyl (C=O) groups excluding carboxylic acids is 1. The second-order valence-electron chi connectivity index (χ2n) is 5.04. The Labute approximate surface area is 128 Å². The molecule has 1 amide bonds. The molecule has 0 bridgehead atoms. The summed E-state index contributed by atoms with van der Waals surface area (Å²) in [6, 6.07) is 9.97. The van der Waals surface area contributed by atoms with Gasteiger partial charge >= 0.3 is 0 Å². The number of rotatable bonds is 3. The predicted octanol–water partition coefficient (Wildman–Crippen LogP) is 4.46. The monoisotopic (exact) mass is 305 g/mol. The molecular formula is C16H16ClNOS. The fourth-order valence-electron chi connectivity index (χ4n) is 2.72. The molecule has 1 atom stereocenters. The molecular weight excluding hydrogens is 290 g/mol. The lowest BCUT2D eigenvalue weighted by Gasteiger charge is -2.24. The Bertz CT molecular complexity index is 579. The van der Waals surface area contributed by atoms with Crippen molar-refractivity contribution in [2.45, 2.75) is 24.8 Å². The first-order valence-electron chi connectivity index (χ1n) is 6.77. The van der Waals surface area contributed by atoms with Crippen LogP contribution in [0, 0.1) is 0 Å². The number of carbonyl (C=O) groups is 1. The van der Waals surface area contributed by atoms with Gasteiger partial charge in [-0.15, -0.1) is 11.6 Å². The zero-order chi connectivity index (χ0) is 13.9. The summed E-state index contributed by atoms with van der Waals surface area (Å²) >= 11 is 7.47. The maximum Gasteiger partial charge on any atom is 0.254 e. The van der Waals surface area contributed by atoms with Gasteiger partial charge in [0.25, 0.3) is 5.91 Å². The number of nitrogens with zero attached hydrogens (tertiary/aromatic N) is 1. The third-order valence-corrected chi connectivity index (χ3v) is 4.81. The maximum atomic E-state index is 12.6. The summed E-state index contributed by atoms with van der Waals surface area (Å²) in [7, 11) is 0. The van der Waals surface area contributed by atoms with Gasteiger partial charge in [0.1, 0.15) is 0 Å². The molecule has 1 unspecified atom stereocenters. The third kappa shape index (κ3) is 2.60. The number of likely N-dealkylation sites (tertiary alicyclic amines) is 1. The molecule has 0 radical (unpaired) electrons. The SMILES string of the molecule is O=C(c1ccc(CCl)cc1)N1CCCC1c1ccsc1.